The summed E-state index contributed by atoms with van der Waals surface area (Å²) in [6.07, 6.45) is 3.45. The van der Waals surface area contributed by atoms with E-state index < -0.39 is 0 Å². The molecule has 0 saturated heterocycles. The molecule has 78 valence electrons. The van der Waals surface area contributed by atoms with Gasteiger partial charge in [-0.2, -0.15) is 16.9 Å². The summed E-state index contributed by atoms with van der Waals surface area (Å²) in [7, 11) is 0. The van der Waals surface area contributed by atoms with E-state index in [0.717, 1.165) is 12.1 Å². The predicted octanol–water partition coefficient (Wildman–Crippen LogP) is 2.23. The van der Waals surface area contributed by atoms with Crippen LogP contribution in [0.2, 0.25) is 0 Å². The van der Waals surface area contributed by atoms with Gasteiger partial charge in [0.2, 0.25) is 0 Å². The van der Waals surface area contributed by atoms with E-state index >= 15 is 0 Å². The highest BCUT2D eigenvalue weighted by Gasteiger charge is 2.09. The van der Waals surface area contributed by atoms with Crippen molar-refractivity contribution in [3.63, 3.8) is 0 Å². The third-order valence-corrected chi connectivity index (χ3v) is 2.92. The number of hydrogen-bond donors (Lipinski definition) is 0. The second-order valence-corrected chi connectivity index (χ2v) is 4.93. The average molecular weight is 212 g/mol. The lowest BCUT2D eigenvalue weighted by molar-refractivity contribution is 0.102. The van der Waals surface area contributed by atoms with E-state index in [1.807, 2.05) is 13.1 Å². The van der Waals surface area contributed by atoms with Gasteiger partial charge in [-0.15, -0.1) is 0 Å². The normalized spacial score (nSPS) is 10.9. The standard InChI is InChI=1S/C10H16N2OS/c1-4-12-6-9(5-11-12)10(13)7-14-8(2)3/h5-6,8H,4,7H2,1-3H3. The number of hydrogen-bond acceptors (Lipinski definition) is 3. The van der Waals surface area contributed by atoms with Crippen molar-refractivity contribution in [2.75, 3.05) is 5.75 Å². The molecule has 0 fully saturated rings. The van der Waals surface area contributed by atoms with Gasteiger partial charge in [-0.3, -0.25) is 9.48 Å². The van der Waals surface area contributed by atoms with Gasteiger partial charge < -0.3 is 0 Å². The first-order chi connectivity index (χ1) is 6.63. The zero-order valence-electron chi connectivity index (χ0n) is 8.86. The summed E-state index contributed by atoms with van der Waals surface area (Å²) in [4.78, 5) is 11.6. The molecule has 1 aromatic heterocycles. The Kier molecular flexibility index (Phi) is 4.20. The summed E-state index contributed by atoms with van der Waals surface area (Å²) in [6.45, 7) is 7.00. The minimum atomic E-state index is 0.170. The molecule has 0 spiro atoms. The van der Waals surface area contributed by atoms with Crippen molar-refractivity contribution in [1.29, 1.82) is 0 Å². The monoisotopic (exact) mass is 212 g/mol. The number of ketones is 1. The smallest absolute Gasteiger partial charge is 0.175 e. The third kappa shape index (κ3) is 3.18. The minimum absolute atomic E-state index is 0.170. The number of rotatable bonds is 5. The Morgan fingerprint density at radius 1 is 1.64 bits per heavy atom. The first kappa shape index (κ1) is 11.3. The van der Waals surface area contributed by atoms with Crippen molar-refractivity contribution < 1.29 is 4.79 Å². The van der Waals surface area contributed by atoms with Gasteiger partial charge in [-0.05, 0) is 12.2 Å². The SMILES string of the molecule is CCn1cc(C(=O)CSC(C)C)cn1. The summed E-state index contributed by atoms with van der Waals surface area (Å²) in [5, 5.41) is 4.57. The third-order valence-electron chi connectivity index (χ3n) is 1.83. The molecule has 0 aliphatic heterocycles. The van der Waals surface area contributed by atoms with Crippen LogP contribution in [0, 0.1) is 0 Å². The largest absolute Gasteiger partial charge is 0.293 e. The summed E-state index contributed by atoms with van der Waals surface area (Å²) >= 11 is 1.66. The Balaban J connectivity index is 2.52. The number of carbonyl (C=O) groups is 1. The molecule has 0 amide bonds. The summed E-state index contributed by atoms with van der Waals surface area (Å²) in [5.74, 6) is 0.718. The van der Waals surface area contributed by atoms with Crippen LogP contribution in [0.25, 0.3) is 0 Å². The number of aryl methyl sites for hydroxylation is 1. The van der Waals surface area contributed by atoms with Gasteiger partial charge in [0, 0.05) is 12.7 Å². The molecular formula is C10H16N2OS. The first-order valence-corrected chi connectivity index (χ1v) is 5.85. The molecule has 14 heavy (non-hydrogen) atoms. The Hall–Kier alpha value is -0.770. The molecule has 0 bridgehead atoms. The van der Waals surface area contributed by atoms with Gasteiger partial charge in [0.15, 0.2) is 5.78 Å². The van der Waals surface area contributed by atoms with Crippen molar-refractivity contribution in [3.8, 4) is 0 Å². The molecule has 0 aliphatic carbocycles. The molecule has 0 saturated carbocycles. The molecule has 4 heteroatoms. The number of Topliss-reactive ketones (excluding diaryl/α,β-unsaturated/α-hetero) is 1. The molecule has 3 nitrogen and oxygen atoms in total. The predicted molar refractivity (Wildman–Crippen MR) is 59.8 cm³/mol. The maximum Gasteiger partial charge on any atom is 0.175 e. The van der Waals surface area contributed by atoms with Gasteiger partial charge in [-0.1, -0.05) is 13.8 Å². The number of thioether (sulfide) groups is 1. The van der Waals surface area contributed by atoms with Crippen LogP contribution in [-0.2, 0) is 6.54 Å². The van der Waals surface area contributed by atoms with E-state index in [4.69, 9.17) is 0 Å². The highest BCUT2D eigenvalue weighted by Crippen LogP contribution is 2.11. The van der Waals surface area contributed by atoms with Gasteiger partial charge >= 0.3 is 0 Å². The average Bonchev–Trinajstić information content (AvgIpc) is 2.62. The van der Waals surface area contributed by atoms with Gasteiger partial charge in [0.05, 0.1) is 17.5 Å². The Bertz CT molecular complexity index is 307. The van der Waals surface area contributed by atoms with Crippen LogP contribution in [0.3, 0.4) is 0 Å². The van der Waals surface area contributed by atoms with Crippen molar-refractivity contribution in [3.05, 3.63) is 18.0 Å². The molecule has 0 aliphatic rings. The van der Waals surface area contributed by atoms with E-state index in [1.54, 1.807) is 22.6 Å². The van der Waals surface area contributed by atoms with Crippen LogP contribution in [-0.4, -0.2) is 26.6 Å². The second-order valence-electron chi connectivity index (χ2n) is 3.37. The molecule has 0 unspecified atom stereocenters. The lowest BCUT2D eigenvalue weighted by Gasteiger charge is -2.01. The summed E-state index contributed by atoms with van der Waals surface area (Å²) in [6, 6.07) is 0. The highest BCUT2D eigenvalue weighted by atomic mass is 32.2. The van der Waals surface area contributed by atoms with Crippen LogP contribution < -0.4 is 0 Å². The molecule has 0 radical (unpaired) electrons. The zero-order chi connectivity index (χ0) is 10.6. The zero-order valence-corrected chi connectivity index (χ0v) is 9.67. The molecular weight excluding hydrogens is 196 g/mol. The summed E-state index contributed by atoms with van der Waals surface area (Å²) in [5.41, 5.74) is 0.722. The lowest BCUT2D eigenvalue weighted by Crippen LogP contribution is -2.03. The first-order valence-electron chi connectivity index (χ1n) is 4.80. The van der Waals surface area contributed by atoms with Crippen LogP contribution >= 0.6 is 11.8 Å². The fraction of sp³-hybridized carbons (Fsp3) is 0.600. The molecule has 0 N–H and O–H groups in total. The fourth-order valence-electron chi connectivity index (χ4n) is 1.01. The van der Waals surface area contributed by atoms with E-state index in [-0.39, 0.29) is 5.78 Å². The van der Waals surface area contributed by atoms with E-state index in [2.05, 4.69) is 18.9 Å². The maximum absolute atomic E-state index is 11.6. The Morgan fingerprint density at radius 3 is 2.86 bits per heavy atom. The second kappa shape index (κ2) is 5.20. The van der Waals surface area contributed by atoms with E-state index in [9.17, 15) is 4.79 Å². The van der Waals surface area contributed by atoms with Gasteiger partial charge in [0.1, 0.15) is 0 Å². The van der Waals surface area contributed by atoms with Crippen LogP contribution in [0.4, 0.5) is 0 Å². The molecule has 0 aromatic carbocycles. The van der Waals surface area contributed by atoms with Crippen LogP contribution in [0.1, 0.15) is 31.1 Å². The number of nitrogens with zero attached hydrogens (tertiary/aromatic N) is 2. The topological polar surface area (TPSA) is 34.9 Å². The van der Waals surface area contributed by atoms with Crippen molar-refractivity contribution in [1.82, 2.24) is 9.78 Å². The fourth-order valence-corrected chi connectivity index (χ4v) is 1.66. The number of aromatic nitrogens is 2. The van der Waals surface area contributed by atoms with Crippen molar-refractivity contribution in [2.45, 2.75) is 32.6 Å². The van der Waals surface area contributed by atoms with Crippen LogP contribution in [0.15, 0.2) is 12.4 Å². The Labute approximate surface area is 88.9 Å². The van der Waals surface area contributed by atoms with E-state index in [0.29, 0.717) is 11.0 Å². The van der Waals surface area contributed by atoms with E-state index in [1.165, 1.54) is 0 Å². The molecule has 1 aromatic rings. The highest BCUT2D eigenvalue weighted by molar-refractivity contribution is 8.00. The quantitative estimate of drug-likeness (QED) is 0.702. The van der Waals surface area contributed by atoms with Crippen LogP contribution in [0.5, 0.6) is 0 Å². The van der Waals surface area contributed by atoms with Gasteiger partial charge in [-0.25, -0.2) is 0 Å². The maximum atomic E-state index is 11.6. The number of carbonyl (C=O) groups excluding carboxylic acids is 1. The summed E-state index contributed by atoms with van der Waals surface area (Å²) < 4.78 is 1.77. The molecule has 1 heterocycles. The minimum Gasteiger partial charge on any atom is -0.293 e. The van der Waals surface area contributed by atoms with Crippen molar-refractivity contribution >= 4 is 17.5 Å². The lowest BCUT2D eigenvalue weighted by atomic mass is 10.3. The molecule has 1 rings (SSSR count). The Morgan fingerprint density at radius 2 is 2.36 bits per heavy atom. The molecule has 0 atom stereocenters. The van der Waals surface area contributed by atoms with Crippen molar-refractivity contribution in [2.24, 2.45) is 0 Å². The van der Waals surface area contributed by atoms with Gasteiger partial charge in [0.25, 0.3) is 0 Å².